The molecule has 3 heteroatoms. The van der Waals surface area contributed by atoms with Crippen molar-refractivity contribution in [3.05, 3.63) is 29.8 Å². The Morgan fingerprint density at radius 3 is 2.42 bits per heavy atom. The van der Waals surface area contributed by atoms with Gasteiger partial charge in [-0.3, -0.25) is 0 Å². The molecule has 0 bridgehead atoms. The molecule has 1 aromatic carbocycles. The van der Waals surface area contributed by atoms with Crippen molar-refractivity contribution in [2.45, 2.75) is 52.2 Å². The van der Waals surface area contributed by atoms with Crippen LogP contribution in [-0.4, -0.2) is 17.3 Å². The first-order valence-corrected chi connectivity index (χ1v) is 6.85. The molecule has 0 radical (unpaired) electrons. The molecular weight excluding hydrogens is 238 g/mol. The van der Waals surface area contributed by atoms with Gasteiger partial charge < -0.3 is 15.6 Å². The number of rotatable bonds is 7. The fourth-order valence-electron chi connectivity index (χ4n) is 1.81. The van der Waals surface area contributed by atoms with Gasteiger partial charge in [0.25, 0.3) is 0 Å². The summed E-state index contributed by atoms with van der Waals surface area (Å²) < 4.78 is 21.4. The molecule has 0 spiro atoms. The van der Waals surface area contributed by atoms with E-state index >= 15 is 0 Å². The number of nitrogens with two attached hydrogens (primary N) is 1. The second kappa shape index (κ2) is 6.92. The molecule has 3 N–H and O–H groups in total. The van der Waals surface area contributed by atoms with E-state index in [-0.39, 0.29) is 5.92 Å². The van der Waals surface area contributed by atoms with Crippen molar-refractivity contribution in [2.75, 3.05) is 6.56 Å². The van der Waals surface area contributed by atoms with E-state index in [4.69, 9.17) is 13.2 Å². The van der Waals surface area contributed by atoms with E-state index in [0.717, 1.165) is 18.4 Å². The normalized spacial score (nSPS) is 17.4. The molecule has 0 heterocycles. The Morgan fingerprint density at radius 1 is 1.37 bits per heavy atom. The highest BCUT2D eigenvalue weighted by atomic mass is 16.5. The zero-order chi connectivity index (χ0) is 16.3. The molecular formula is C16H27NO2. The minimum absolute atomic E-state index is 0.180. The molecule has 3 nitrogen and oxygen atoms in total. The Balaban J connectivity index is 2.79. The van der Waals surface area contributed by atoms with Gasteiger partial charge in [0.2, 0.25) is 0 Å². The van der Waals surface area contributed by atoms with Gasteiger partial charge >= 0.3 is 0 Å². The lowest BCUT2D eigenvalue weighted by molar-refractivity contribution is 0.0517. The third-order valence-electron chi connectivity index (χ3n) is 3.10. The van der Waals surface area contributed by atoms with Crippen LogP contribution in [0.3, 0.4) is 0 Å². The Hall–Kier alpha value is -1.06. The van der Waals surface area contributed by atoms with E-state index in [0.29, 0.717) is 5.75 Å². The van der Waals surface area contributed by atoms with Crippen molar-refractivity contribution < 1.29 is 12.6 Å². The van der Waals surface area contributed by atoms with Crippen molar-refractivity contribution in [3.8, 4) is 5.75 Å². The third kappa shape index (κ3) is 5.21. The second-order valence-electron chi connectivity index (χ2n) is 5.61. The van der Waals surface area contributed by atoms with Crippen LogP contribution >= 0.6 is 0 Å². The average Bonchev–Trinajstić information content (AvgIpc) is 2.37. The predicted octanol–water partition coefficient (Wildman–Crippen LogP) is 3.27. The minimum Gasteiger partial charge on any atom is -0.493 e. The average molecular weight is 267 g/mol. The lowest BCUT2D eigenvalue weighted by atomic mass is 9.93. The quantitative estimate of drug-likeness (QED) is 0.797. The highest BCUT2D eigenvalue weighted by Gasteiger charge is 2.24. The zero-order valence-electron chi connectivity index (χ0n) is 14.3. The SMILES string of the molecule is [2H]C([2H])(Oc1ccc([C@@H](N)C(C)(C)O)cc1)[C@H](C)CCC. The van der Waals surface area contributed by atoms with E-state index in [1.54, 1.807) is 38.1 Å². The molecule has 0 aliphatic rings. The molecule has 0 fully saturated rings. The van der Waals surface area contributed by atoms with Crippen LogP contribution in [0.15, 0.2) is 24.3 Å². The van der Waals surface area contributed by atoms with E-state index < -0.39 is 18.2 Å². The summed E-state index contributed by atoms with van der Waals surface area (Å²) in [5.41, 5.74) is 5.75. The van der Waals surface area contributed by atoms with Crippen LogP contribution in [0.1, 0.15) is 54.9 Å². The summed E-state index contributed by atoms with van der Waals surface area (Å²) in [6.07, 6.45) is 1.69. The maximum absolute atomic E-state index is 9.91. The summed E-state index contributed by atoms with van der Waals surface area (Å²) >= 11 is 0. The number of hydrogen-bond donors (Lipinski definition) is 2. The van der Waals surface area contributed by atoms with E-state index in [2.05, 4.69) is 0 Å². The van der Waals surface area contributed by atoms with Gasteiger partial charge in [0.1, 0.15) is 5.75 Å². The van der Waals surface area contributed by atoms with Crippen molar-refractivity contribution in [2.24, 2.45) is 11.7 Å². The zero-order valence-corrected chi connectivity index (χ0v) is 12.3. The smallest absolute Gasteiger partial charge is 0.119 e. The summed E-state index contributed by atoms with van der Waals surface area (Å²) in [6.45, 7) is 5.50. The highest BCUT2D eigenvalue weighted by Crippen LogP contribution is 2.24. The minimum atomic E-state index is -1.70. The van der Waals surface area contributed by atoms with Gasteiger partial charge in [-0.25, -0.2) is 0 Å². The van der Waals surface area contributed by atoms with Gasteiger partial charge in [-0.1, -0.05) is 32.4 Å². The van der Waals surface area contributed by atoms with Crippen LogP contribution in [-0.2, 0) is 0 Å². The summed E-state index contributed by atoms with van der Waals surface area (Å²) in [6, 6.07) is 6.41. The molecule has 2 atom stereocenters. The topological polar surface area (TPSA) is 55.5 Å². The van der Waals surface area contributed by atoms with Crippen molar-refractivity contribution in [1.82, 2.24) is 0 Å². The van der Waals surface area contributed by atoms with Crippen LogP contribution in [0.5, 0.6) is 5.75 Å². The molecule has 0 aliphatic heterocycles. The van der Waals surface area contributed by atoms with Crippen molar-refractivity contribution >= 4 is 0 Å². The molecule has 1 aromatic rings. The summed E-state index contributed by atoms with van der Waals surface area (Å²) in [5, 5.41) is 9.91. The first-order chi connectivity index (χ1) is 9.58. The van der Waals surface area contributed by atoms with Gasteiger partial charge in [0.15, 0.2) is 0 Å². The fraction of sp³-hybridized carbons (Fsp3) is 0.625. The second-order valence-corrected chi connectivity index (χ2v) is 5.61. The van der Waals surface area contributed by atoms with E-state index in [1.807, 2.05) is 13.8 Å². The van der Waals surface area contributed by atoms with Crippen LogP contribution in [0.2, 0.25) is 0 Å². The highest BCUT2D eigenvalue weighted by molar-refractivity contribution is 5.30. The van der Waals surface area contributed by atoms with Crippen LogP contribution in [0.4, 0.5) is 0 Å². The molecule has 1 rings (SSSR count). The molecule has 108 valence electrons. The predicted molar refractivity (Wildman–Crippen MR) is 79.2 cm³/mol. The molecule has 0 aliphatic carbocycles. The number of aliphatic hydroxyl groups is 1. The van der Waals surface area contributed by atoms with Gasteiger partial charge in [-0.15, -0.1) is 0 Å². The monoisotopic (exact) mass is 267 g/mol. The van der Waals surface area contributed by atoms with Crippen molar-refractivity contribution in [3.63, 3.8) is 0 Å². The maximum Gasteiger partial charge on any atom is 0.119 e. The largest absolute Gasteiger partial charge is 0.493 e. The van der Waals surface area contributed by atoms with Gasteiger partial charge in [0.05, 0.1) is 20.9 Å². The molecule has 0 amide bonds. The van der Waals surface area contributed by atoms with Gasteiger partial charge in [0, 0.05) is 0 Å². The molecule has 0 unspecified atom stereocenters. The Bertz CT molecular complexity index is 441. The first-order valence-electron chi connectivity index (χ1n) is 7.85. The summed E-state index contributed by atoms with van der Waals surface area (Å²) in [5.74, 6) is 0.287. The van der Waals surface area contributed by atoms with E-state index in [9.17, 15) is 5.11 Å². The van der Waals surface area contributed by atoms with Crippen LogP contribution in [0, 0.1) is 5.92 Å². The lowest BCUT2D eigenvalue weighted by Gasteiger charge is -2.26. The summed E-state index contributed by atoms with van der Waals surface area (Å²) in [7, 11) is 0. The molecule has 0 aromatic heterocycles. The standard InChI is InChI=1S/C16H27NO2/c1-5-6-12(2)11-19-14-9-7-13(8-10-14)15(17)16(3,4)18/h7-10,12,15,18H,5-6,11,17H2,1-4H3/t12-,15-/m1/s1/i11D2. The number of hydrogen-bond acceptors (Lipinski definition) is 3. The van der Waals surface area contributed by atoms with E-state index in [1.165, 1.54) is 0 Å². The summed E-state index contributed by atoms with van der Waals surface area (Å²) in [4.78, 5) is 0. The van der Waals surface area contributed by atoms with Gasteiger partial charge in [-0.2, -0.15) is 0 Å². The molecule has 0 saturated heterocycles. The molecule has 0 saturated carbocycles. The number of ether oxygens (including phenoxy) is 1. The molecule has 19 heavy (non-hydrogen) atoms. The van der Waals surface area contributed by atoms with Crippen LogP contribution in [0.25, 0.3) is 0 Å². The first kappa shape index (κ1) is 12.9. The fourth-order valence-corrected chi connectivity index (χ4v) is 1.81. The maximum atomic E-state index is 9.91. The van der Waals surface area contributed by atoms with Gasteiger partial charge in [-0.05, 0) is 43.9 Å². The van der Waals surface area contributed by atoms with Crippen molar-refractivity contribution in [1.29, 1.82) is 0 Å². The Labute approximate surface area is 119 Å². The Morgan fingerprint density at radius 2 is 1.95 bits per heavy atom. The Kier molecular flexibility index (Phi) is 4.72. The third-order valence-corrected chi connectivity index (χ3v) is 3.10. The number of benzene rings is 1. The van der Waals surface area contributed by atoms with Crippen LogP contribution < -0.4 is 10.5 Å². The lowest BCUT2D eigenvalue weighted by Crippen LogP contribution is -2.34.